The SMILES string of the molecule is CCCOc1ccc(C(CN)N2CC(C)CCC2C)cc1. The number of hydrogen-bond donors (Lipinski definition) is 1. The third-order valence-electron chi connectivity index (χ3n) is 4.53. The summed E-state index contributed by atoms with van der Waals surface area (Å²) in [5.74, 6) is 1.72. The zero-order valence-electron chi connectivity index (χ0n) is 13.7. The molecule has 1 aromatic carbocycles. The Balaban J connectivity index is 2.09. The minimum absolute atomic E-state index is 0.322. The molecule has 1 fully saturated rings. The minimum Gasteiger partial charge on any atom is -0.494 e. The van der Waals surface area contributed by atoms with Crippen LogP contribution in [0, 0.1) is 5.92 Å². The smallest absolute Gasteiger partial charge is 0.119 e. The van der Waals surface area contributed by atoms with Crippen molar-refractivity contribution in [2.45, 2.75) is 52.1 Å². The number of piperidine rings is 1. The number of nitrogens with two attached hydrogens (primary N) is 1. The molecule has 0 bridgehead atoms. The van der Waals surface area contributed by atoms with Crippen molar-refractivity contribution in [1.29, 1.82) is 0 Å². The van der Waals surface area contributed by atoms with E-state index < -0.39 is 0 Å². The van der Waals surface area contributed by atoms with Crippen LogP contribution in [-0.4, -0.2) is 30.6 Å². The Bertz CT molecular complexity index is 418. The van der Waals surface area contributed by atoms with Gasteiger partial charge in [0.2, 0.25) is 0 Å². The Morgan fingerprint density at radius 1 is 1.24 bits per heavy atom. The van der Waals surface area contributed by atoms with E-state index in [1.54, 1.807) is 0 Å². The van der Waals surface area contributed by atoms with Crippen molar-refractivity contribution >= 4 is 0 Å². The van der Waals surface area contributed by atoms with Crippen molar-refractivity contribution < 1.29 is 4.74 Å². The molecule has 0 amide bonds. The molecule has 3 nitrogen and oxygen atoms in total. The first-order chi connectivity index (χ1) is 10.2. The highest BCUT2D eigenvalue weighted by Crippen LogP contribution is 2.30. The van der Waals surface area contributed by atoms with E-state index in [0.717, 1.165) is 31.2 Å². The van der Waals surface area contributed by atoms with Crippen molar-refractivity contribution in [3.8, 4) is 5.75 Å². The number of rotatable bonds is 6. The molecular weight excluding hydrogens is 260 g/mol. The van der Waals surface area contributed by atoms with E-state index in [1.807, 2.05) is 0 Å². The van der Waals surface area contributed by atoms with Gasteiger partial charge >= 0.3 is 0 Å². The van der Waals surface area contributed by atoms with Gasteiger partial charge in [-0.2, -0.15) is 0 Å². The lowest BCUT2D eigenvalue weighted by molar-refractivity contribution is 0.0798. The van der Waals surface area contributed by atoms with Gasteiger partial charge in [-0.3, -0.25) is 4.90 Å². The Hall–Kier alpha value is -1.06. The first-order valence-corrected chi connectivity index (χ1v) is 8.34. The normalized spacial score (nSPS) is 24.8. The van der Waals surface area contributed by atoms with Crippen LogP contribution in [-0.2, 0) is 0 Å². The molecule has 0 aliphatic carbocycles. The Kier molecular flexibility index (Phi) is 6.07. The molecule has 3 heteroatoms. The Morgan fingerprint density at radius 2 is 1.95 bits per heavy atom. The van der Waals surface area contributed by atoms with E-state index in [2.05, 4.69) is 49.9 Å². The topological polar surface area (TPSA) is 38.5 Å². The number of likely N-dealkylation sites (tertiary alicyclic amines) is 1. The molecule has 2 rings (SSSR count). The predicted molar refractivity (Wildman–Crippen MR) is 88.6 cm³/mol. The lowest BCUT2D eigenvalue weighted by Gasteiger charge is -2.42. The molecule has 21 heavy (non-hydrogen) atoms. The highest BCUT2D eigenvalue weighted by molar-refractivity contribution is 5.29. The van der Waals surface area contributed by atoms with E-state index >= 15 is 0 Å². The minimum atomic E-state index is 0.322. The molecule has 1 saturated heterocycles. The third kappa shape index (κ3) is 4.21. The maximum Gasteiger partial charge on any atom is 0.119 e. The summed E-state index contributed by atoms with van der Waals surface area (Å²) < 4.78 is 5.66. The van der Waals surface area contributed by atoms with Crippen molar-refractivity contribution in [2.24, 2.45) is 11.7 Å². The summed E-state index contributed by atoms with van der Waals surface area (Å²) in [6.07, 6.45) is 3.64. The fourth-order valence-electron chi connectivity index (χ4n) is 3.23. The van der Waals surface area contributed by atoms with Gasteiger partial charge in [-0.25, -0.2) is 0 Å². The molecule has 1 aliphatic heterocycles. The van der Waals surface area contributed by atoms with Crippen LogP contribution in [0.1, 0.15) is 51.6 Å². The molecule has 1 aromatic rings. The standard InChI is InChI=1S/C18H30N2O/c1-4-11-21-17-9-7-16(8-10-17)18(12-19)20-13-14(2)5-6-15(20)3/h7-10,14-15,18H,4-6,11-13,19H2,1-3H3. The molecule has 1 aliphatic rings. The lowest BCUT2D eigenvalue weighted by Crippen LogP contribution is -2.45. The maximum atomic E-state index is 6.09. The first kappa shape index (κ1) is 16.3. The largest absolute Gasteiger partial charge is 0.494 e. The fourth-order valence-corrected chi connectivity index (χ4v) is 3.23. The molecule has 118 valence electrons. The van der Waals surface area contributed by atoms with Gasteiger partial charge < -0.3 is 10.5 Å². The molecule has 3 atom stereocenters. The summed E-state index contributed by atoms with van der Waals surface area (Å²) >= 11 is 0. The van der Waals surface area contributed by atoms with E-state index in [0.29, 0.717) is 18.6 Å². The molecule has 3 unspecified atom stereocenters. The number of benzene rings is 1. The highest BCUT2D eigenvalue weighted by Gasteiger charge is 2.29. The summed E-state index contributed by atoms with van der Waals surface area (Å²) in [6, 6.07) is 9.44. The van der Waals surface area contributed by atoms with Crippen LogP contribution in [0.4, 0.5) is 0 Å². The maximum absolute atomic E-state index is 6.09. The van der Waals surface area contributed by atoms with Gasteiger partial charge in [-0.15, -0.1) is 0 Å². The van der Waals surface area contributed by atoms with Crippen LogP contribution in [0.25, 0.3) is 0 Å². The van der Waals surface area contributed by atoms with Crippen molar-refractivity contribution in [3.05, 3.63) is 29.8 Å². The van der Waals surface area contributed by atoms with Crippen LogP contribution < -0.4 is 10.5 Å². The van der Waals surface area contributed by atoms with Crippen molar-refractivity contribution in [1.82, 2.24) is 4.90 Å². The van der Waals surface area contributed by atoms with Crippen LogP contribution >= 0.6 is 0 Å². The van der Waals surface area contributed by atoms with Gasteiger partial charge in [0.05, 0.1) is 6.61 Å². The highest BCUT2D eigenvalue weighted by atomic mass is 16.5. The zero-order valence-corrected chi connectivity index (χ0v) is 13.7. The molecular formula is C18H30N2O. The van der Waals surface area contributed by atoms with Crippen LogP contribution in [0.5, 0.6) is 5.75 Å². The van der Waals surface area contributed by atoms with E-state index in [1.165, 1.54) is 18.4 Å². The van der Waals surface area contributed by atoms with Crippen molar-refractivity contribution in [3.63, 3.8) is 0 Å². The summed E-state index contributed by atoms with van der Waals surface area (Å²) in [7, 11) is 0. The van der Waals surface area contributed by atoms with Gasteiger partial charge in [-0.1, -0.05) is 26.0 Å². The summed E-state index contributed by atoms with van der Waals surface area (Å²) in [6.45, 7) is 9.39. The van der Waals surface area contributed by atoms with Gasteiger partial charge in [0, 0.05) is 25.2 Å². The average molecular weight is 290 g/mol. The van der Waals surface area contributed by atoms with Crippen LogP contribution in [0.3, 0.4) is 0 Å². The van der Waals surface area contributed by atoms with E-state index in [-0.39, 0.29) is 0 Å². The second-order valence-corrected chi connectivity index (χ2v) is 6.40. The fraction of sp³-hybridized carbons (Fsp3) is 0.667. The molecule has 2 N–H and O–H groups in total. The second-order valence-electron chi connectivity index (χ2n) is 6.40. The van der Waals surface area contributed by atoms with Crippen LogP contribution in [0.15, 0.2) is 24.3 Å². The van der Waals surface area contributed by atoms with Gasteiger partial charge in [0.25, 0.3) is 0 Å². The zero-order chi connectivity index (χ0) is 15.2. The van der Waals surface area contributed by atoms with Gasteiger partial charge in [-0.05, 0) is 49.8 Å². The van der Waals surface area contributed by atoms with Gasteiger partial charge in [0.1, 0.15) is 5.75 Å². The monoisotopic (exact) mass is 290 g/mol. The first-order valence-electron chi connectivity index (χ1n) is 8.34. The number of nitrogens with zero attached hydrogens (tertiary/aromatic N) is 1. The summed E-state index contributed by atoms with van der Waals surface area (Å²) in [5, 5.41) is 0. The molecule has 0 aromatic heterocycles. The number of ether oxygens (including phenoxy) is 1. The lowest BCUT2D eigenvalue weighted by atomic mass is 9.91. The van der Waals surface area contributed by atoms with Crippen LogP contribution in [0.2, 0.25) is 0 Å². The molecule has 0 radical (unpaired) electrons. The quantitative estimate of drug-likeness (QED) is 0.870. The molecule has 0 saturated carbocycles. The molecule has 0 spiro atoms. The van der Waals surface area contributed by atoms with Crippen molar-refractivity contribution in [2.75, 3.05) is 19.7 Å². The summed E-state index contributed by atoms with van der Waals surface area (Å²) in [5.41, 5.74) is 7.40. The average Bonchev–Trinajstić information content (AvgIpc) is 2.50. The Labute approximate surface area is 129 Å². The van der Waals surface area contributed by atoms with E-state index in [4.69, 9.17) is 10.5 Å². The molecule has 1 heterocycles. The Morgan fingerprint density at radius 3 is 2.57 bits per heavy atom. The van der Waals surface area contributed by atoms with E-state index in [9.17, 15) is 0 Å². The second kappa shape index (κ2) is 7.81. The number of hydrogen-bond acceptors (Lipinski definition) is 3. The summed E-state index contributed by atoms with van der Waals surface area (Å²) in [4.78, 5) is 2.58. The third-order valence-corrected chi connectivity index (χ3v) is 4.53. The van der Waals surface area contributed by atoms with Gasteiger partial charge in [0.15, 0.2) is 0 Å². The predicted octanol–water partition coefficient (Wildman–Crippen LogP) is 3.60.